The van der Waals surface area contributed by atoms with Gasteiger partial charge in [0.05, 0.1) is 4.90 Å². The number of hydrogen-bond acceptors (Lipinski definition) is 4. The predicted octanol–water partition coefficient (Wildman–Crippen LogP) is 1.32. The van der Waals surface area contributed by atoms with Crippen molar-refractivity contribution in [2.75, 3.05) is 18.8 Å². The fourth-order valence-corrected chi connectivity index (χ4v) is 4.46. The van der Waals surface area contributed by atoms with Crippen molar-refractivity contribution in [3.63, 3.8) is 0 Å². The molecule has 0 aliphatic carbocycles. The van der Waals surface area contributed by atoms with Crippen LogP contribution in [0.25, 0.3) is 0 Å². The number of nitrogens with one attached hydrogen (secondary N) is 1. The van der Waals surface area contributed by atoms with E-state index in [1.807, 2.05) is 0 Å². The molecular weight excluding hydrogens is 358 g/mol. The molecule has 1 saturated heterocycles. The number of nitrogens with two attached hydrogens (primary N) is 1. The molecule has 0 spiro atoms. The molecule has 0 radical (unpaired) electrons. The molecular formula is C13H18BrN3O3S. The second kappa shape index (κ2) is 6.33. The Morgan fingerprint density at radius 3 is 2.81 bits per heavy atom. The van der Waals surface area contributed by atoms with E-state index in [4.69, 9.17) is 5.73 Å². The first kappa shape index (κ1) is 16.3. The van der Waals surface area contributed by atoms with Crippen molar-refractivity contribution < 1.29 is 13.2 Å². The molecule has 1 heterocycles. The summed E-state index contributed by atoms with van der Waals surface area (Å²) in [6.45, 7) is 2.19. The maximum absolute atomic E-state index is 12.6. The van der Waals surface area contributed by atoms with Crippen molar-refractivity contribution in [1.29, 1.82) is 0 Å². The summed E-state index contributed by atoms with van der Waals surface area (Å²) in [6, 6.07) is 4.43. The van der Waals surface area contributed by atoms with Crippen LogP contribution in [0.15, 0.2) is 27.6 Å². The predicted molar refractivity (Wildman–Crippen MR) is 84.2 cm³/mol. The van der Waals surface area contributed by atoms with Gasteiger partial charge in [0.1, 0.15) is 0 Å². The normalized spacial score (nSPS) is 20.2. The van der Waals surface area contributed by atoms with Gasteiger partial charge in [0.2, 0.25) is 15.9 Å². The van der Waals surface area contributed by atoms with Crippen molar-refractivity contribution in [2.24, 2.45) is 0 Å². The fourth-order valence-electron chi connectivity index (χ4n) is 2.38. The zero-order valence-corrected chi connectivity index (χ0v) is 14.1. The molecule has 0 aromatic heterocycles. The monoisotopic (exact) mass is 375 g/mol. The zero-order valence-electron chi connectivity index (χ0n) is 11.7. The Balaban J connectivity index is 2.22. The van der Waals surface area contributed by atoms with Crippen molar-refractivity contribution in [2.45, 2.75) is 30.7 Å². The van der Waals surface area contributed by atoms with Crippen LogP contribution in [0.2, 0.25) is 0 Å². The summed E-state index contributed by atoms with van der Waals surface area (Å²) in [5.74, 6) is -0.144. The van der Waals surface area contributed by atoms with E-state index in [2.05, 4.69) is 21.2 Å². The number of sulfonamides is 1. The van der Waals surface area contributed by atoms with E-state index in [9.17, 15) is 13.2 Å². The standard InChI is InChI=1S/C13H18BrN3O3S/c1-9(18)16-10-3-2-6-17(8-10)21(19,20)11-4-5-13(15)12(14)7-11/h4-5,7,10H,2-3,6,8,15H2,1H3,(H,16,18). The Morgan fingerprint density at radius 2 is 2.19 bits per heavy atom. The molecule has 6 nitrogen and oxygen atoms in total. The molecule has 8 heteroatoms. The van der Waals surface area contributed by atoms with E-state index < -0.39 is 10.0 Å². The van der Waals surface area contributed by atoms with Crippen LogP contribution in [0.3, 0.4) is 0 Å². The number of rotatable bonds is 3. The molecule has 1 aromatic carbocycles. The highest BCUT2D eigenvalue weighted by molar-refractivity contribution is 9.10. The average molecular weight is 376 g/mol. The third-order valence-electron chi connectivity index (χ3n) is 3.40. The van der Waals surface area contributed by atoms with Crippen LogP contribution in [0, 0.1) is 0 Å². The topological polar surface area (TPSA) is 92.5 Å². The van der Waals surface area contributed by atoms with Gasteiger partial charge in [-0.25, -0.2) is 8.42 Å². The summed E-state index contributed by atoms with van der Waals surface area (Å²) in [5, 5.41) is 2.78. The molecule has 1 unspecified atom stereocenters. The number of carbonyl (C=O) groups excluding carboxylic acids is 1. The van der Waals surface area contributed by atoms with E-state index in [1.165, 1.54) is 23.4 Å². The van der Waals surface area contributed by atoms with Crippen molar-refractivity contribution in [3.8, 4) is 0 Å². The van der Waals surface area contributed by atoms with Crippen molar-refractivity contribution in [1.82, 2.24) is 9.62 Å². The highest BCUT2D eigenvalue weighted by atomic mass is 79.9. The van der Waals surface area contributed by atoms with Gasteiger partial charge in [-0.1, -0.05) is 0 Å². The first-order valence-corrected chi connectivity index (χ1v) is 8.86. The number of carbonyl (C=O) groups is 1. The Kier molecular flexibility index (Phi) is 4.90. The van der Waals surface area contributed by atoms with Gasteiger partial charge in [0.25, 0.3) is 0 Å². The Bertz CT molecular complexity index is 648. The number of piperidine rings is 1. The number of benzene rings is 1. The molecule has 0 bridgehead atoms. The van der Waals surface area contributed by atoms with Gasteiger partial charge in [-0.15, -0.1) is 0 Å². The maximum atomic E-state index is 12.6. The van der Waals surface area contributed by atoms with E-state index >= 15 is 0 Å². The highest BCUT2D eigenvalue weighted by Crippen LogP contribution is 2.26. The van der Waals surface area contributed by atoms with E-state index in [0.29, 0.717) is 23.2 Å². The minimum absolute atomic E-state index is 0.136. The lowest BCUT2D eigenvalue weighted by molar-refractivity contribution is -0.119. The van der Waals surface area contributed by atoms with Gasteiger partial charge in [-0.2, -0.15) is 4.31 Å². The molecule has 1 fully saturated rings. The Hall–Kier alpha value is -1.12. The van der Waals surface area contributed by atoms with Crippen molar-refractivity contribution >= 4 is 37.5 Å². The highest BCUT2D eigenvalue weighted by Gasteiger charge is 2.30. The SMILES string of the molecule is CC(=O)NC1CCCN(S(=O)(=O)c2ccc(N)c(Br)c2)C1. The molecule has 1 aliphatic heterocycles. The van der Waals surface area contributed by atoms with Gasteiger partial charge in [-0.3, -0.25) is 4.79 Å². The lowest BCUT2D eigenvalue weighted by Gasteiger charge is -2.32. The molecule has 1 aliphatic rings. The minimum atomic E-state index is -3.57. The average Bonchev–Trinajstić information content (AvgIpc) is 2.41. The number of halogens is 1. The minimum Gasteiger partial charge on any atom is -0.398 e. The van der Waals surface area contributed by atoms with Crippen LogP contribution < -0.4 is 11.1 Å². The van der Waals surface area contributed by atoms with E-state index in [-0.39, 0.29) is 16.8 Å². The van der Waals surface area contributed by atoms with Gasteiger partial charge in [0.15, 0.2) is 0 Å². The number of hydrogen-bond donors (Lipinski definition) is 2. The fraction of sp³-hybridized carbons (Fsp3) is 0.462. The van der Waals surface area contributed by atoms with E-state index in [1.54, 1.807) is 6.07 Å². The van der Waals surface area contributed by atoms with Crippen LogP contribution in [0.5, 0.6) is 0 Å². The van der Waals surface area contributed by atoms with Crippen LogP contribution >= 0.6 is 15.9 Å². The Labute approximate surface area is 132 Å². The summed E-state index contributed by atoms with van der Waals surface area (Å²) in [5.41, 5.74) is 6.17. The third kappa shape index (κ3) is 3.75. The third-order valence-corrected chi connectivity index (χ3v) is 5.95. The van der Waals surface area contributed by atoms with Gasteiger partial charge >= 0.3 is 0 Å². The van der Waals surface area contributed by atoms with E-state index in [0.717, 1.165) is 12.8 Å². The lowest BCUT2D eigenvalue weighted by Crippen LogP contribution is -2.49. The van der Waals surface area contributed by atoms with Crippen LogP contribution in [-0.2, 0) is 14.8 Å². The maximum Gasteiger partial charge on any atom is 0.243 e. The summed E-state index contributed by atoms with van der Waals surface area (Å²) in [4.78, 5) is 11.3. The zero-order chi connectivity index (χ0) is 15.6. The second-order valence-electron chi connectivity index (χ2n) is 5.09. The molecule has 2 rings (SSSR count). The molecule has 116 valence electrons. The number of anilines is 1. The van der Waals surface area contributed by atoms with Gasteiger partial charge < -0.3 is 11.1 Å². The van der Waals surface area contributed by atoms with Gasteiger partial charge in [0, 0.05) is 36.2 Å². The summed E-state index contributed by atoms with van der Waals surface area (Å²) < 4.78 is 27.2. The lowest BCUT2D eigenvalue weighted by atomic mass is 10.1. The van der Waals surface area contributed by atoms with Crippen molar-refractivity contribution in [3.05, 3.63) is 22.7 Å². The molecule has 1 aromatic rings. The van der Waals surface area contributed by atoms with Crippen LogP contribution in [-0.4, -0.2) is 37.8 Å². The quantitative estimate of drug-likeness (QED) is 0.779. The largest absolute Gasteiger partial charge is 0.398 e. The second-order valence-corrected chi connectivity index (χ2v) is 7.88. The number of nitrogens with zero attached hydrogens (tertiary/aromatic N) is 1. The summed E-state index contributed by atoms with van der Waals surface area (Å²) in [7, 11) is -3.57. The molecule has 1 atom stereocenters. The molecule has 0 saturated carbocycles. The Morgan fingerprint density at radius 1 is 1.48 bits per heavy atom. The first-order chi connectivity index (χ1) is 9.80. The smallest absolute Gasteiger partial charge is 0.243 e. The van der Waals surface area contributed by atoms with Crippen LogP contribution in [0.1, 0.15) is 19.8 Å². The first-order valence-electron chi connectivity index (χ1n) is 6.63. The van der Waals surface area contributed by atoms with Crippen LogP contribution in [0.4, 0.5) is 5.69 Å². The summed E-state index contributed by atoms with van der Waals surface area (Å²) >= 11 is 3.24. The molecule has 3 N–H and O–H groups in total. The number of nitrogen functional groups attached to an aromatic ring is 1. The molecule has 1 amide bonds. The molecule has 21 heavy (non-hydrogen) atoms. The summed E-state index contributed by atoms with van der Waals surface area (Å²) in [6.07, 6.45) is 1.51. The van der Waals surface area contributed by atoms with Gasteiger partial charge in [-0.05, 0) is 47.0 Å². The number of amides is 1.